The van der Waals surface area contributed by atoms with E-state index >= 15 is 0 Å². The number of nitrogens with zero attached hydrogens (tertiary/aromatic N) is 1. The minimum absolute atomic E-state index is 0.00696. The van der Waals surface area contributed by atoms with Crippen molar-refractivity contribution < 1.29 is 10.2 Å². The van der Waals surface area contributed by atoms with Crippen LogP contribution < -0.4 is 5.73 Å². The van der Waals surface area contributed by atoms with Crippen LogP contribution in [-0.2, 0) is 5.41 Å². The summed E-state index contributed by atoms with van der Waals surface area (Å²) in [5.41, 5.74) is 7.55. The Morgan fingerprint density at radius 2 is 1.95 bits per heavy atom. The van der Waals surface area contributed by atoms with Gasteiger partial charge in [0.05, 0.1) is 0 Å². The van der Waals surface area contributed by atoms with Crippen LogP contribution in [0.5, 0.6) is 11.5 Å². The number of hydrogen-bond donors (Lipinski definition) is 3. The van der Waals surface area contributed by atoms with Crippen LogP contribution in [0.25, 0.3) is 0 Å². The molecule has 0 saturated carbocycles. The molecule has 1 fully saturated rings. The van der Waals surface area contributed by atoms with E-state index in [1.54, 1.807) is 6.07 Å². The quantitative estimate of drug-likeness (QED) is 0.726. The highest BCUT2D eigenvalue weighted by Crippen LogP contribution is 2.43. The first-order chi connectivity index (χ1) is 9.24. The van der Waals surface area contributed by atoms with E-state index in [9.17, 15) is 10.2 Å². The van der Waals surface area contributed by atoms with Gasteiger partial charge in [0, 0.05) is 18.2 Å². The van der Waals surface area contributed by atoms with Crippen LogP contribution in [0.4, 0.5) is 0 Å². The molecule has 1 heterocycles. The normalized spacial score (nSPS) is 24.2. The SMILES string of the molecule is CN1CC(CN)CC1c1cc(C(C)(C)C)cc(O)c1O. The second-order valence-electron chi connectivity index (χ2n) is 6.98. The Morgan fingerprint density at radius 1 is 1.30 bits per heavy atom. The topological polar surface area (TPSA) is 69.7 Å². The van der Waals surface area contributed by atoms with Gasteiger partial charge in [0.1, 0.15) is 0 Å². The molecule has 4 nitrogen and oxygen atoms in total. The number of hydrogen-bond acceptors (Lipinski definition) is 4. The largest absolute Gasteiger partial charge is 0.504 e. The lowest BCUT2D eigenvalue weighted by atomic mass is 9.84. The van der Waals surface area contributed by atoms with Gasteiger partial charge in [0.2, 0.25) is 0 Å². The van der Waals surface area contributed by atoms with E-state index in [0.29, 0.717) is 12.5 Å². The molecule has 1 aliphatic heterocycles. The number of benzene rings is 1. The predicted octanol–water partition coefficient (Wildman–Crippen LogP) is 2.35. The van der Waals surface area contributed by atoms with Crippen molar-refractivity contribution in [2.75, 3.05) is 20.1 Å². The third-order valence-corrected chi connectivity index (χ3v) is 4.31. The molecule has 1 aromatic rings. The van der Waals surface area contributed by atoms with Crippen molar-refractivity contribution in [3.63, 3.8) is 0 Å². The molecule has 0 amide bonds. The van der Waals surface area contributed by atoms with Crippen molar-refractivity contribution in [2.24, 2.45) is 11.7 Å². The Hall–Kier alpha value is -1.26. The highest BCUT2D eigenvalue weighted by Gasteiger charge is 2.33. The number of nitrogens with two attached hydrogens (primary N) is 1. The van der Waals surface area contributed by atoms with Gasteiger partial charge in [-0.2, -0.15) is 0 Å². The molecule has 2 rings (SSSR count). The van der Waals surface area contributed by atoms with E-state index in [1.807, 2.05) is 13.1 Å². The van der Waals surface area contributed by atoms with Crippen LogP contribution in [0, 0.1) is 5.92 Å². The summed E-state index contributed by atoms with van der Waals surface area (Å²) in [5.74, 6) is 0.425. The lowest BCUT2D eigenvalue weighted by Crippen LogP contribution is -2.21. The number of phenols is 2. The number of phenolic OH excluding ortho intramolecular Hbond substituents is 2. The molecular weight excluding hydrogens is 252 g/mol. The number of likely N-dealkylation sites (tertiary alicyclic amines) is 1. The van der Waals surface area contributed by atoms with Crippen LogP contribution in [0.2, 0.25) is 0 Å². The molecule has 1 saturated heterocycles. The van der Waals surface area contributed by atoms with E-state index in [-0.39, 0.29) is 23.0 Å². The second kappa shape index (κ2) is 5.26. The summed E-state index contributed by atoms with van der Waals surface area (Å²) in [7, 11) is 2.04. The van der Waals surface area contributed by atoms with E-state index in [2.05, 4.69) is 25.7 Å². The Balaban J connectivity index is 2.43. The fourth-order valence-electron chi connectivity index (χ4n) is 2.97. The molecule has 0 spiro atoms. The van der Waals surface area contributed by atoms with E-state index in [4.69, 9.17) is 5.73 Å². The first kappa shape index (κ1) is 15.1. The summed E-state index contributed by atoms with van der Waals surface area (Å²) in [4.78, 5) is 2.21. The number of rotatable bonds is 2. The fourth-order valence-corrected chi connectivity index (χ4v) is 2.97. The van der Waals surface area contributed by atoms with Crippen molar-refractivity contribution in [1.29, 1.82) is 0 Å². The molecule has 0 radical (unpaired) electrons. The van der Waals surface area contributed by atoms with Gasteiger partial charge in [0.25, 0.3) is 0 Å². The summed E-state index contributed by atoms with van der Waals surface area (Å²) in [6.45, 7) is 7.89. The predicted molar refractivity (Wildman–Crippen MR) is 81.0 cm³/mol. The van der Waals surface area contributed by atoms with Gasteiger partial charge in [-0.15, -0.1) is 0 Å². The van der Waals surface area contributed by atoms with Crippen LogP contribution in [0.15, 0.2) is 12.1 Å². The fraction of sp³-hybridized carbons (Fsp3) is 0.625. The molecule has 0 aliphatic carbocycles. The summed E-state index contributed by atoms with van der Waals surface area (Å²) >= 11 is 0. The zero-order valence-corrected chi connectivity index (χ0v) is 12.8. The molecule has 4 N–H and O–H groups in total. The van der Waals surface area contributed by atoms with Crippen molar-refractivity contribution in [2.45, 2.75) is 38.6 Å². The Morgan fingerprint density at radius 3 is 2.45 bits per heavy atom. The van der Waals surface area contributed by atoms with Crippen molar-refractivity contribution in [3.05, 3.63) is 23.3 Å². The first-order valence-corrected chi connectivity index (χ1v) is 7.20. The monoisotopic (exact) mass is 278 g/mol. The Labute approximate surface area is 121 Å². The van der Waals surface area contributed by atoms with Gasteiger partial charge in [-0.05, 0) is 49.0 Å². The summed E-state index contributed by atoms with van der Waals surface area (Å²) in [5, 5.41) is 20.2. The first-order valence-electron chi connectivity index (χ1n) is 7.20. The zero-order valence-electron chi connectivity index (χ0n) is 12.8. The average Bonchev–Trinajstić information content (AvgIpc) is 2.72. The minimum Gasteiger partial charge on any atom is -0.504 e. The Bertz CT molecular complexity index is 494. The lowest BCUT2D eigenvalue weighted by Gasteiger charge is -2.25. The maximum absolute atomic E-state index is 10.2. The molecule has 0 aromatic heterocycles. The maximum atomic E-state index is 10.2. The zero-order chi connectivity index (χ0) is 15.1. The molecular formula is C16H26N2O2. The molecule has 0 bridgehead atoms. The average molecular weight is 278 g/mol. The lowest BCUT2D eigenvalue weighted by molar-refractivity contribution is 0.301. The third kappa shape index (κ3) is 2.76. The van der Waals surface area contributed by atoms with E-state index in [0.717, 1.165) is 24.1 Å². The molecule has 1 aromatic carbocycles. The summed E-state index contributed by atoms with van der Waals surface area (Å²) < 4.78 is 0. The van der Waals surface area contributed by atoms with Crippen molar-refractivity contribution in [3.8, 4) is 11.5 Å². The smallest absolute Gasteiger partial charge is 0.162 e. The highest BCUT2D eigenvalue weighted by molar-refractivity contribution is 5.50. The molecule has 112 valence electrons. The highest BCUT2D eigenvalue weighted by atomic mass is 16.3. The Kier molecular flexibility index (Phi) is 3.98. The van der Waals surface area contributed by atoms with Gasteiger partial charge in [-0.25, -0.2) is 0 Å². The standard InChI is InChI=1S/C16H26N2O2/c1-16(2,3)11-6-12(15(20)14(19)7-11)13-5-10(8-17)9-18(13)4/h6-7,10,13,19-20H,5,8-9,17H2,1-4H3. The summed E-state index contributed by atoms with van der Waals surface area (Å²) in [6, 6.07) is 3.81. The van der Waals surface area contributed by atoms with Gasteiger partial charge in [-0.1, -0.05) is 20.8 Å². The van der Waals surface area contributed by atoms with Crippen LogP contribution in [0.1, 0.15) is 44.4 Å². The van der Waals surface area contributed by atoms with Crippen LogP contribution in [0.3, 0.4) is 0 Å². The van der Waals surface area contributed by atoms with E-state index in [1.165, 1.54) is 0 Å². The van der Waals surface area contributed by atoms with Gasteiger partial charge in [-0.3, -0.25) is 4.90 Å². The van der Waals surface area contributed by atoms with Crippen LogP contribution in [-0.4, -0.2) is 35.3 Å². The van der Waals surface area contributed by atoms with Gasteiger partial charge >= 0.3 is 0 Å². The van der Waals surface area contributed by atoms with Crippen LogP contribution >= 0.6 is 0 Å². The minimum atomic E-state index is -0.0651. The second-order valence-corrected chi connectivity index (χ2v) is 6.98. The molecule has 2 unspecified atom stereocenters. The van der Waals surface area contributed by atoms with Gasteiger partial charge < -0.3 is 15.9 Å². The van der Waals surface area contributed by atoms with E-state index < -0.39 is 0 Å². The molecule has 1 aliphatic rings. The summed E-state index contributed by atoms with van der Waals surface area (Å²) in [6.07, 6.45) is 0.924. The molecule has 2 atom stereocenters. The molecule has 20 heavy (non-hydrogen) atoms. The van der Waals surface area contributed by atoms with Crippen molar-refractivity contribution in [1.82, 2.24) is 4.90 Å². The van der Waals surface area contributed by atoms with Crippen molar-refractivity contribution >= 4 is 0 Å². The molecule has 4 heteroatoms. The third-order valence-electron chi connectivity index (χ3n) is 4.31. The maximum Gasteiger partial charge on any atom is 0.162 e. The number of aromatic hydroxyl groups is 2. The van der Waals surface area contributed by atoms with Gasteiger partial charge in [0.15, 0.2) is 11.5 Å².